The van der Waals surface area contributed by atoms with E-state index in [9.17, 15) is 4.79 Å². The number of nitrogens with one attached hydrogen (secondary N) is 1. The lowest BCUT2D eigenvalue weighted by atomic mass is 9.68. The number of carbonyl (C=O) groups excluding carboxylic acids is 1. The van der Waals surface area contributed by atoms with E-state index in [0.717, 1.165) is 30.8 Å². The maximum Gasteiger partial charge on any atom is 0.233 e. The topological polar surface area (TPSA) is 68.3 Å². The summed E-state index contributed by atoms with van der Waals surface area (Å²) in [6, 6.07) is 3.58. The molecule has 4 nitrogen and oxygen atoms in total. The van der Waals surface area contributed by atoms with E-state index < -0.39 is 5.41 Å². The first-order valence-electron chi connectivity index (χ1n) is 6.13. The lowest BCUT2D eigenvalue weighted by Gasteiger charge is -2.39. The fraction of sp³-hybridized carbons (Fsp3) is 0.538. The maximum atomic E-state index is 12.3. The number of rotatable bonds is 4. The zero-order valence-corrected chi connectivity index (χ0v) is 11.5. The van der Waals surface area contributed by atoms with E-state index in [1.807, 2.05) is 26.0 Å². The Morgan fingerprint density at radius 3 is 2.61 bits per heavy atom. The Kier molecular flexibility index (Phi) is 3.43. The van der Waals surface area contributed by atoms with Gasteiger partial charge >= 0.3 is 0 Å². The summed E-state index contributed by atoms with van der Waals surface area (Å²) in [6.45, 7) is 3.77. The second kappa shape index (κ2) is 4.72. The van der Waals surface area contributed by atoms with Crippen LogP contribution < -0.4 is 11.1 Å². The molecule has 1 fully saturated rings. The van der Waals surface area contributed by atoms with Crippen LogP contribution >= 0.6 is 12.2 Å². The molecule has 1 saturated carbocycles. The quantitative estimate of drug-likeness (QED) is 0.820. The zero-order chi connectivity index (χ0) is 13.3. The van der Waals surface area contributed by atoms with Crippen molar-refractivity contribution in [2.24, 2.45) is 11.1 Å². The molecule has 1 heterocycles. The van der Waals surface area contributed by atoms with Crippen molar-refractivity contribution in [2.75, 3.05) is 0 Å². The summed E-state index contributed by atoms with van der Waals surface area (Å²) in [5, 5.41) is 2.93. The Hall–Kier alpha value is -1.36. The van der Waals surface area contributed by atoms with Gasteiger partial charge in [0.15, 0.2) is 0 Å². The third kappa shape index (κ3) is 2.14. The van der Waals surface area contributed by atoms with Crippen molar-refractivity contribution in [3.05, 3.63) is 23.7 Å². The van der Waals surface area contributed by atoms with Crippen LogP contribution in [0.5, 0.6) is 0 Å². The van der Waals surface area contributed by atoms with E-state index in [0.29, 0.717) is 4.99 Å². The second-order valence-electron chi connectivity index (χ2n) is 4.94. The first kappa shape index (κ1) is 13.1. The van der Waals surface area contributed by atoms with Gasteiger partial charge in [0.2, 0.25) is 5.91 Å². The largest absolute Gasteiger partial charge is 0.464 e. The molecule has 1 aliphatic carbocycles. The van der Waals surface area contributed by atoms with Gasteiger partial charge < -0.3 is 15.5 Å². The van der Waals surface area contributed by atoms with Gasteiger partial charge in [-0.25, -0.2) is 0 Å². The number of hydrogen-bond donors (Lipinski definition) is 2. The number of furan rings is 1. The minimum Gasteiger partial charge on any atom is -0.464 e. The van der Waals surface area contributed by atoms with Gasteiger partial charge in [0, 0.05) is 0 Å². The number of hydrogen-bond acceptors (Lipinski definition) is 3. The standard InChI is InChI=1S/C13H18N2O2S/c1-8-4-5-10(17-8)9(2)15-12(16)13(11(14)18)6-3-7-13/h4-5,9H,3,6-7H2,1-2H3,(H2,14,18)(H,15,16). The summed E-state index contributed by atoms with van der Waals surface area (Å²) in [5.74, 6) is 1.50. The summed E-state index contributed by atoms with van der Waals surface area (Å²) in [4.78, 5) is 12.6. The van der Waals surface area contributed by atoms with Crippen LogP contribution in [-0.4, -0.2) is 10.9 Å². The Labute approximate surface area is 112 Å². The van der Waals surface area contributed by atoms with Crippen molar-refractivity contribution < 1.29 is 9.21 Å². The fourth-order valence-corrected chi connectivity index (χ4v) is 2.50. The summed E-state index contributed by atoms with van der Waals surface area (Å²) in [5.41, 5.74) is 5.07. The number of thiocarbonyl (C=S) groups is 1. The van der Waals surface area contributed by atoms with Crippen LogP contribution in [-0.2, 0) is 4.79 Å². The molecule has 0 bridgehead atoms. The highest BCUT2D eigenvalue weighted by Gasteiger charge is 2.47. The average Bonchev–Trinajstić information content (AvgIpc) is 2.62. The number of nitrogens with two attached hydrogens (primary N) is 1. The van der Waals surface area contributed by atoms with Gasteiger partial charge in [0.1, 0.15) is 11.5 Å². The summed E-state index contributed by atoms with van der Waals surface area (Å²) in [6.07, 6.45) is 2.50. The first-order valence-corrected chi connectivity index (χ1v) is 6.54. The molecule has 0 aromatic carbocycles. The zero-order valence-electron chi connectivity index (χ0n) is 10.7. The molecular weight excluding hydrogens is 248 g/mol. The lowest BCUT2D eigenvalue weighted by molar-refractivity contribution is -0.131. The van der Waals surface area contributed by atoms with Gasteiger partial charge in [-0.05, 0) is 38.8 Å². The molecule has 3 N–H and O–H groups in total. The Morgan fingerprint density at radius 1 is 1.56 bits per heavy atom. The van der Waals surface area contributed by atoms with Gasteiger partial charge in [-0.2, -0.15) is 0 Å². The van der Waals surface area contributed by atoms with Gasteiger partial charge in [-0.15, -0.1) is 0 Å². The molecule has 98 valence electrons. The third-order valence-electron chi connectivity index (χ3n) is 3.65. The van der Waals surface area contributed by atoms with Crippen molar-refractivity contribution in [3.63, 3.8) is 0 Å². The second-order valence-corrected chi connectivity index (χ2v) is 5.38. The highest BCUT2D eigenvalue weighted by molar-refractivity contribution is 7.80. The lowest BCUT2D eigenvalue weighted by Crippen LogP contribution is -2.53. The van der Waals surface area contributed by atoms with Crippen molar-refractivity contribution >= 4 is 23.1 Å². The minimum absolute atomic E-state index is 0.0807. The van der Waals surface area contributed by atoms with Crippen molar-refractivity contribution in [2.45, 2.75) is 39.2 Å². The molecule has 5 heteroatoms. The number of aryl methyl sites for hydroxylation is 1. The van der Waals surface area contributed by atoms with Crippen molar-refractivity contribution in [1.82, 2.24) is 5.32 Å². The highest BCUT2D eigenvalue weighted by atomic mass is 32.1. The van der Waals surface area contributed by atoms with Crippen molar-refractivity contribution in [3.8, 4) is 0 Å². The van der Waals surface area contributed by atoms with E-state index in [1.54, 1.807) is 0 Å². The van der Waals surface area contributed by atoms with E-state index in [1.165, 1.54) is 0 Å². The molecule has 18 heavy (non-hydrogen) atoms. The predicted molar refractivity (Wildman–Crippen MR) is 73.1 cm³/mol. The number of carbonyl (C=O) groups is 1. The summed E-state index contributed by atoms with van der Waals surface area (Å²) < 4.78 is 5.49. The van der Waals surface area contributed by atoms with E-state index in [-0.39, 0.29) is 11.9 Å². The van der Waals surface area contributed by atoms with Crippen LogP contribution in [0.1, 0.15) is 43.7 Å². The van der Waals surface area contributed by atoms with Crippen LogP contribution in [0.4, 0.5) is 0 Å². The Bertz CT molecular complexity index is 477. The highest BCUT2D eigenvalue weighted by Crippen LogP contribution is 2.41. The van der Waals surface area contributed by atoms with Gasteiger partial charge in [0.05, 0.1) is 16.4 Å². The molecule has 1 aliphatic rings. The van der Waals surface area contributed by atoms with Crippen LogP contribution in [0.2, 0.25) is 0 Å². The molecular formula is C13H18N2O2S. The van der Waals surface area contributed by atoms with Crippen LogP contribution in [0, 0.1) is 12.3 Å². The normalized spacial score (nSPS) is 18.8. The van der Waals surface area contributed by atoms with Gasteiger partial charge in [-0.1, -0.05) is 18.6 Å². The molecule has 0 spiro atoms. The summed E-state index contributed by atoms with van der Waals surface area (Å²) in [7, 11) is 0. The molecule has 1 amide bonds. The Balaban J connectivity index is 2.05. The monoisotopic (exact) mass is 266 g/mol. The average molecular weight is 266 g/mol. The SMILES string of the molecule is Cc1ccc(C(C)NC(=O)C2(C(N)=S)CCC2)o1. The van der Waals surface area contributed by atoms with E-state index in [2.05, 4.69) is 5.32 Å². The molecule has 1 atom stereocenters. The smallest absolute Gasteiger partial charge is 0.233 e. The molecule has 1 aromatic rings. The van der Waals surface area contributed by atoms with Crippen LogP contribution in [0.15, 0.2) is 16.5 Å². The molecule has 0 radical (unpaired) electrons. The van der Waals surface area contributed by atoms with Gasteiger partial charge in [0.25, 0.3) is 0 Å². The maximum absolute atomic E-state index is 12.3. The van der Waals surface area contributed by atoms with Crippen LogP contribution in [0.25, 0.3) is 0 Å². The summed E-state index contributed by atoms with van der Waals surface area (Å²) >= 11 is 5.02. The number of amides is 1. The van der Waals surface area contributed by atoms with Gasteiger partial charge in [-0.3, -0.25) is 4.79 Å². The predicted octanol–water partition coefficient (Wildman–Crippen LogP) is 2.22. The Morgan fingerprint density at radius 2 is 2.22 bits per heavy atom. The molecule has 1 unspecified atom stereocenters. The van der Waals surface area contributed by atoms with Crippen molar-refractivity contribution in [1.29, 1.82) is 0 Å². The molecule has 1 aromatic heterocycles. The molecule has 2 rings (SSSR count). The third-order valence-corrected chi connectivity index (χ3v) is 4.04. The molecule has 0 aliphatic heterocycles. The van der Waals surface area contributed by atoms with E-state index >= 15 is 0 Å². The fourth-order valence-electron chi connectivity index (χ4n) is 2.21. The van der Waals surface area contributed by atoms with Crippen LogP contribution in [0.3, 0.4) is 0 Å². The minimum atomic E-state index is -0.634. The van der Waals surface area contributed by atoms with E-state index in [4.69, 9.17) is 22.4 Å². The molecule has 0 saturated heterocycles. The first-order chi connectivity index (χ1) is 8.45.